The van der Waals surface area contributed by atoms with Crippen molar-refractivity contribution in [2.24, 2.45) is 7.05 Å². The molecule has 5 nitrogen and oxygen atoms in total. The van der Waals surface area contributed by atoms with E-state index < -0.39 is 0 Å². The molecule has 1 rings (SSSR count). The van der Waals surface area contributed by atoms with Gasteiger partial charge in [0.1, 0.15) is 0 Å². The third-order valence-corrected chi connectivity index (χ3v) is 1.43. The van der Waals surface area contributed by atoms with Crippen LogP contribution in [0.15, 0.2) is 0 Å². The topological polar surface area (TPSA) is 55.6 Å². The van der Waals surface area contributed by atoms with E-state index in [1.165, 1.54) is 6.42 Å². The summed E-state index contributed by atoms with van der Waals surface area (Å²) in [4.78, 5) is 0. The zero-order valence-electron chi connectivity index (χ0n) is 6.91. The molecule has 0 saturated carbocycles. The van der Waals surface area contributed by atoms with Crippen LogP contribution in [0.1, 0.15) is 19.8 Å². The van der Waals surface area contributed by atoms with Crippen molar-refractivity contribution in [2.45, 2.75) is 19.8 Å². The van der Waals surface area contributed by atoms with Crippen molar-refractivity contribution in [3.05, 3.63) is 0 Å². The minimum absolute atomic E-state index is 0.735. The molecule has 1 heterocycles. The summed E-state index contributed by atoms with van der Waals surface area (Å²) in [5.41, 5.74) is 0. The summed E-state index contributed by atoms with van der Waals surface area (Å²) >= 11 is 0. The number of anilines is 1. The quantitative estimate of drug-likeness (QED) is 0.640. The summed E-state index contributed by atoms with van der Waals surface area (Å²) in [6, 6.07) is 0. The van der Waals surface area contributed by atoms with Crippen LogP contribution in [0.25, 0.3) is 0 Å². The number of hydrogen-bond donors (Lipinski definition) is 1. The fourth-order valence-corrected chi connectivity index (χ4v) is 0.756. The van der Waals surface area contributed by atoms with Crippen molar-refractivity contribution in [2.75, 3.05) is 11.9 Å². The van der Waals surface area contributed by atoms with Gasteiger partial charge in [0.2, 0.25) is 5.95 Å². The van der Waals surface area contributed by atoms with E-state index in [0.29, 0.717) is 0 Å². The monoisotopic (exact) mass is 155 g/mol. The van der Waals surface area contributed by atoms with Crippen molar-refractivity contribution in [3.63, 3.8) is 0 Å². The maximum absolute atomic E-state index is 3.78. The molecule has 0 aliphatic carbocycles. The molecule has 0 bridgehead atoms. The van der Waals surface area contributed by atoms with Crippen LogP contribution in [0.4, 0.5) is 5.95 Å². The Hall–Kier alpha value is -1.13. The first kappa shape index (κ1) is 7.97. The number of tetrazole rings is 1. The molecule has 5 heteroatoms. The van der Waals surface area contributed by atoms with E-state index in [4.69, 9.17) is 0 Å². The third-order valence-electron chi connectivity index (χ3n) is 1.43. The van der Waals surface area contributed by atoms with E-state index in [-0.39, 0.29) is 0 Å². The van der Waals surface area contributed by atoms with Gasteiger partial charge in [0.25, 0.3) is 0 Å². The predicted octanol–water partition coefficient (Wildman–Crippen LogP) is 0.422. The minimum Gasteiger partial charge on any atom is -0.353 e. The lowest BCUT2D eigenvalue weighted by Crippen LogP contribution is -2.06. The molecule has 0 radical (unpaired) electrons. The average molecular weight is 155 g/mol. The molecule has 62 valence electrons. The maximum atomic E-state index is 3.78. The highest BCUT2D eigenvalue weighted by atomic mass is 15.6. The van der Waals surface area contributed by atoms with Gasteiger partial charge in [0, 0.05) is 13.6 Å². The Morgan fingerprint density at radius 1 is 1.55 bits per heavy atom. The van der Waals surface area contributed by atoms with Crippen LogP contribution in [0.3, 0.4) is 0 Å². The second-order valence-corrected chi connectivity index (χ2v) is 2.41. The number of nitrogens with one attached hydrogen (secondary N) is 1. The summed E-state index contributed by atoms with van der Waals surface area (Å²) < 4.78 is 1.62. The highest BCUT2D eigenvalue weighted by Crippen LogP contribution is 1.95. The normalized spacial score (nSPS) is 10.0. The lowest BCUT2D eigenvalue weighted by molar-refractivity contribution is 0.709. The molecule has 0 amide bonds. The average Bonchev–Trinajstić information content (AvgIpc) is 2.37. The first-order chi connectivity index (χ1) is 5.34. The Kier molecular flexibility index (Phi) is 2.83. The minimum atomic E-state index is 0.735. The van der Waals surface area contributed by atoms with Gasteiger partial charge in [-0.3, -0.25) is 0 Å². The number of hydrogen-bond acceptors (Lipinski definition) is 4. The molecule has 1 aromatic heterocycles. The summed E-state index contributed by atoms with van der Waals surface area (Å²) in [6.07, 6.45) is 2.32. The molecular weight excluding hydrogens is 142 g/mol. The molecule has 1 N–H and O–H groups in total. The highest BCUT2D eigenvalue weighted by Gasteiger charge is 1.97. The number of aromatic nitrogens is 4. The smallest absolute Gasteiger partial charge is 0.242 e. The summed E-state index contributed by atoms with van der Waals surface area (Å²) in [7, 11) is 1.81. The first-order valence-corrected chi connectivity index (χ1v) is 3.81. The van der Waals surface area contributed by atoms with E-state index in [1.54, 1.807) is 4.68 Å². The van der Waals surface area contributed by atoms with E-state index in [0.717, 1.165) is 18.9 Å². The molecule has 0 unspecified atom stereocenters. The van der Waals surface area contributed by atoms with Crippen LogP contribution in [0.5, 0.6) is 0 Å². The zero-order chi connectivity index (χ0) is 8.10. The predicted molar refractivity (Wildman–Crippen MR) is 42.2 cm³/mol. The van der Waals surface area contributed by atoms with E-state index in [9.17, 15) is 0 Å². The fraction of sp³-hybridized carbons (Fsp3) is 0.833. The lowest BCUT2D eigenvalue weighted by Gasteiger charge is -2.00. The van der Waals surface area contributed by atoms with Gasteiger partial charge < -0.3 is 5.32 Å². The Bertz CT molecular complexity index is 206. The second-order valence-electron chi connectivity index (χ2n) is 2.41. The molecule has 0 aromatic carbocycles. The first-order valence-electron chi connectivity index (χ1n) is 3.81. The fourth-order valence-electron chi connectivity index (χ4n) is 0.756. The number of aryl methyl sites for hydroxylation is 1. The molecule has 1 aromatic rings. The van der Waals surface area contributed by atoms with E-state index in [1.807, 2.05) is 7.05 Å². The van der Waals surface area contributed by atoms with Crippen LogP contribution < -0.4 is 5.32 Å². The van der Waals surface area contributed by atoms with E-state index >= 15 is 0 Å². The van der Waals surface area contributed by atoms with Crippen LogP contribution in [-0.4, -0.2) is 26.8 Å². The van der Waals surface area contributed by atoms with Crippen molar-refractivity contribution in [1.29, 1.82) is 0 Å². The Morgan fingerprint density at radius 2 is 2.36 bits per heavy atom. The second kappa shape index (κ2) is 3.90. The highest BCUT2D eigenvalue weighted by molar-refractivity contribution is 5.20. The standard InChI is InChI=1S/C6H13N5/c1-3-4-5-7-6-8-9-10-11(6)2/h3-5H2,1-2H3,(H,7,8,10). The molecule has 0 aliphatic heterocycles. The number of rotatable bonds is 4. The SMILES string of the molecule is CCCCNc1nnnn1C. The maximum Gasteiger partial charge on any atom is 0.242 e. The van der Waals surface area contributed by atoms with Gasteiger partial charge >= 0.3 is 0 Å². The lowest BCUT2D eigenvalue weighted by atomic mass is 10.3. The van der Waals surface area contributed by atoms with Crippen molar-refractivity contribution in [1.82, 2.24) is 20.2 Å². The summed E-state index contributed by atoms with van der Waals surface area (Å²) in [5.74, 6) is 0.735. The molecule has 0 aliphatic rings. The van der Waals surface area contributed by atoms with Crippen molar-refractivity contribution < 1.29 is 0 Å². The molecule has 11 heavy (non-hydrogen) atoms. The summed E-state index contributed by atoms with van der Waals surface area (Å²) in [6.45, 7) is 3.08. The van der Waals surface area contributed by atoms with Gasteiger partial charge in [0.05, 0.1) is 0 Å². The number of unbranched alkanes of at least 4 members (excludes halogenated alkanes) is 1. The van der Waals surface area contributed by atoms with Crippen LogP contribution in [-0.2, 0) is 7.05 Å². The molecule has 0 atom stereocenters. The molecule has 0 spiro atoms. The third kappa shape index (κ3) is 2.18. The van der Waals surface area contributed by atoms with Gasteiger partial charge in [-0.25, -0.2) is 4.68 Å². The Labute approximate surface area is 65.8 Å². The summed E-state index contributed by atoms with van der Waals surface area (Å²) in [5, 5.41) is 14.1. The Balaban J connectivity index is 2.32. The van der Waals surface area contributed by atoms with E-state index in [2.05, 4.69) is 27.8 Å². The molecule has 0 fully saturated rings. The van der Waals surface area contributed by atoms with Gasteiger partial charge in [-0.15, -0.1) is 0 Å². The van der Waals surface area contributed by atoms with Gasteiger partial charge in [-0.05, 0) is 16.8 Å². The van der Waals surface area contributed by atoms with Gasteiger partial charge in [0.15, 0.2) is 0 Å². The molecule has 0 saturated heterocycles. The van der Waals surface area contributed by atoms with Gasteiger partial charge in [-0.2, -0.15) is 0 Å². The van der Waals surface area contributed by atoms with Crippen LogP contribution in [0.2, 0.25) is 0 Å². The van der Waals surface area contributed by atoms with Crippen molar-refractivity contribution >= 4 is 5.95 Å². The van der Waals surface area contributed by atoms with Crippen molar-refractivity contribution in [3.8, 4) is 0 Å². The Morgan fingerprint density at radius 3 is 2.91 bits per heavy atom. The largest absolute Gasteiger partial charge is 0.353 e. The van der Waals surface area contributed by atoms with Crippen LogP contribution >= 0.6 is 0 Å². The zero-order valence-corrected chi connectivity index (χ0v) is 6.91. The van der Waals surface area contributed by atoms with Gasteiger partial charge in [-0.1, -0.05) is 18.4 Å². The molecular formula is C6H13N5. The van der Waals surface area contributed by atoms with Crippen LogP contribution in [0, 0.1) is 0 Å². The number of nitrogens with zero attached hydrogens (tertiary/aromatic N) is 4.